The summed E-state index contributed by atoms with van der Waals surface area (Å²) >= 11 is 0. The van der Waals surface area contributed by atoms with Crippen molar-refractivity contribution < 1.29 is 14.6 Å². The number of benzene rings is 1. The Labute approximate surface area is 196 Å². The van der Waals surface area contributed by atoms with Gasteiger partial charge in [-0.3, -0.25) is 4.79 Å². The van der Waals surface area contributed by atoms with Crippen molar-refractivity contribution in [2.45, 2.75) is 109 Å². The highest BCUT2D eigenvalue weighted by molar-refractivity contribution is 5.78. The van der Waals surface area contributed by atoms with Crippen LogP contribution in [-0.4, -0.2) is 23.3 Å². The van der Waals surface area contributed by atoms with Gasteiger partial charge in [0.05, 0.1) is 12.0 Å². The molecule has 1 saturated heterocycles. The summed E-state index contributed by atoms with van der Waals surface area (Å²) in [6.07, 6.45) is 24.1. The number of hydrogen-bond donors (Lipinski definition) is 1. The summed E-state index contributed by atoms with van der Waals surface area (Å²) in [5, 5.41) is 10.4. The van der Waals surface area contributed by atoms with Crippen LogP contribution in [0.3, 0.4) is 0 Å². The molecule has 1 aliphatic heterocycles. The van der Waals surface area contributed by atoms with E-state index < -0.39 is 0 Å². The standard InChI is InChI=1S/C29H44O3/c1-2-3-4-5-6-7-8-9-10-11-12-13-14-15-19-22-26(30)24-28-27(29(31)32-28)23-25-20-17-16-18-21-25/h6-7,9-10,16-18,20-21,26-28,30H,2-5,8,11-15,19,22-24H2,1H3/b7-6-,10-9-/t26-,27-,28-/m0/s1. The van der Waals surface area contributed by atoms with E-state index in [9.17, 15) is 9.90 Å². The number of rotatable bonds is 18. The maximum absolute atomic E-state index is 11.8. The predicted octanol–water partition coefficient (Wildman–Crippen LogP) is 7.34. The van der Waals surface area contributed by atoms with Crippen molar-refractivity contribution in [2.75, 3.05) is 0 Å². The average molecular weight is 441 g/mol. The van der Waals surface area contributed by atoms with Gasteiger partial charge in [-0.25, -0.2) is 0 Å². The third kappa shape index (κ3) is 11.1. The van der Waals surface area contributed by atoms with E-state index in [2.05, 4.69) is 31.2 Å². The molecule has 1 aromatic rings. The lowest BCUT2D eigenvalue weighted by molar-refractivity contribution is -0.187. The van der Waals surface area contributed by atoms with Crippen LogP contribution in [0.4, 0.5) is 0 Å². The minimum Gasteiger partial charge on any atom is -0.461 e. The first-order valence-corrected chi connectivity index (χ1v) is 12.9. The molecular formula is C29H44O3. The highest BCUT2D eigenvalue weighted by Gasteiger charge is 2.42. The third-order valence-electron chi connectivity index (χ3n) is 6.31. The Balaban J connectivity index is 1.43. The number of hydrogen-bond acceptors (Lipinski definition) is 3. The normalized spacial score (nSPS) is 19.4. The number of carbonyl (C=O) groups excluding carboxylic acids is 1. The summed E-state index contributed by atoms with van der Waals surface area (Å²) in [7, 11) is 0. The lowest BCUT2D eigenvalue weighted by Crippen LogP contribution is -2.47. The summed E-state index contributed by atoms with van der Waals surface area (Å²) in [4.78, 5) is 11.8. The van der Waals surface area contributed by atoms with Crippen molar-refractivity contribution in [3.05, 3.63) is 60.2 Å². The summed E-state index contributed by atoms with van der Waals surface area (Å²) in [6.45, 7) is 2.24. The molecule has 3 atom stereocenters. The fourth-order valence-electron chi connectivity index (χ4n) is 4.27. The Morgan fingerprint density at radius 1 is 0.906 bits per heavy atom. The Hall–Kier alpha value is -1.87. The van der Waals surface area contributed by atoms with E-state index in [0.717, 1.165) is 24.8 Å². The topological polar surface area (TPSA) is 46.5 Å². The maximum Gasteiger partial charge on any atom is 0.313 e. The van der Waals surface area contributed by atoms with Gasteiger partial charge in [0.25, 0.3) is 0 Å². The van der Waals surface area contributed by atoms with Crippen molar-refractivity contribution in [1.29, 1.82) is 0 Å². The number of unbranched alkanes of at least 4 members (excludes halogenated alkanes) is 8. The second-order valence-corrected chi connectivity index (χ2v) is 9.18. The average Bonchev–Trinajstić information content (AvgIpc) is 2.80. The first-order chi connectivity index (χ1) is 15.7. The van der Waals surface area contributed by atoms with E-state index in [0.29, 0.717) is 12.8 Å². The van der Waals surface area contributed by atoms with E-state index in [4.69, 9.17) is 4.74 Å². The van der Waals surface area contributed by atoms with Crippen molar-refractivity contribution in [3.63, 3.8) is 0 Å². The molecule has 3 nitrogen and oxygen atoms in total. The molecule has 178 valence electrons. The van der Waals surface area contributed by atoms with Crippen LogP contribution in [0.25, 0.3) is 0 Å². The number of ether oxygens (including phenoxy) is 1. The van der Waals surface area contributed by atoms with E-state index in [1.54, 1.807) is 0 Å². The zero-order valence-corrected chi connectivity index (χ0v) is 20.1. The van der Waals surface area contributed by atoms with Crippen LogP contribution in [0.5, 0.6) is 0 Å². The smallest absolute Gasteiger partial charge is 0.313 e. The van der Waals surface area contributed by atoms with Crippen LogP contribution >= 0.6 is 0 Å². The molecule has 0 amide bonds. The van der Waals surface area contributed by atoms with Gasteiger partial charge in [0.2, 0.25) is 0 Å². The van der Waals surface area contributed by atoms with Crippen LogP contribution < -0.4 is 0 Å². The summed E-state index contributed by atoms with van der Waals surface area (Å²) in [6, 6.07) is 10.1. The van der Waals surface area contributed by atoms with Gasteiger partial charge in [0, 0.05) is 6.42 Å². The molecule has 0 saturated carbocycles. The highest BCUT2D eigenvalue weighted by Crippen LogP contribution is 2.30. The number of esters is 1. The lowest BCUT2D eigenvalue weighted by Gasteiger charge is -2.36. The quantitative estimate of drug-likeness (QED) is 0.148. The highest BCUT2D eigenvalue weighted by atomic mass is 16.6. The van der Waals surface area contributed by atoms with Gasteiger partial charge < -0.3 is 9.84 Å². The number of aliphatic hydroxyl groups excluding tert-OH is 1. The van der Waals surface area contributed by atoms with Gasteiger partial charge in [0.15, 0.2) is 0 Å². The molecule has 1 aromatic carbocycles. The molecular weight excluding hydrogens is 396 g/mol. The first kappa shape index (κ1) is 26.4. The lowest BCUT2D eigenvalue weighted by atomic mass is 9.86. The van der Waals surface area contributed by atoms with Crippen LogP contribution in [-0.2, 0) is 16.0 Å². The molecule has 0 unspecified atom stereocenters. The fourth-order valence-corrected chi connectivity index (χ4v) is 4.27. The van der Waals surface area contributed by atoms with Crippen LogP contribution in [0.1, 0.15) is 96.0 Å². The zero-order valence-electron chi connectivity index (χ0n) is 20.1. The zero-order chi connectivity index (χ0) is 22.9. The minimum atomic E-state index is -0.371. The molecule has 0 aromatic heterocycles. The number of aliphatic hydroxyl groups is 1. The van der Waals surface area contributed by atoms with Gasteiger partial charge in [0.1, 0.15) is 6.10 Å². The fraction of sp³-hybridized carbons (Fsp3) is 0.621. The van der Waals surface area contributed by atoms with E-state index in [1.807, 2.05) is 30.3 Å². The molecule has 0 radical (unpaired) electrons. The predicted molar refractivity (Wildman–Crippen MR) is 133 cm³/mol. The molecule has 1 heterocycles. The molecule has 32 heavy (non-hydrogen) atoms. The molecule has 1 aliphatic rings. The Morgan fingerprint density at radius 3 is 2.25 bits per heavy atom. The van der Waals surface area contributed by atoms with Crippen molar-refractivity contribution in [3.8, 4) is 0 Å². The first-order valence-electron chi connectivity index (χ1n) is 12.9. The third-order valence-corrected chi connectivity index (χ3v) is 6.31. The number of allylic oxidation sites excluding steroid dienone is 4. The maximum atomic E-state index is 11.8. The number of cyclic esters (lactones) is 1. The van der Waals surface area contributed by atoms with E-state index in [1.165, 1.54) is 57.8 Å². The van der Waals surface area contributed by atoms with Crippen molar-refractivity contribution in [2.24, 2.45) is 5.92 Å². The van der Waals surface area contributed by atoms with Crippen molar-refractivity contribution in [1.82, 2.24) is 0 Å². The van der Waals surface area contributed by atoms with Gasteiger partial charge in [-0.1, -0.05) is 100 Å². The van der Waals surface area contributed by atoms with Gasteiger partial charge >= 0.3 is 5.97 Å². The SMILES string of the molecule is CCCCC/C=C\C/C=C\CCCCCCC[C@H](O)C[C@@H]1OC(=O)[C@H]1Cc1ccccc1. The van der Waals surface area contributed by atoms with Crippen LogP contribution in [0.2, 0.25) is 0 Å². The Bertz CT molecular complexity index is 664. The van der Waals surface area contributed by atoms with Gasteiger partial charge in [-0.05, 0) is 50.5 Å². The largest absolute Gasteiger partial charge is 0.461 e. The van der Waals surface area contributed by atoms with E-state index >= 15 is 0 Å². The van der Waals surface area contributed by atoms with Crippen molar-refractivity contribution >= 4 is 5.97 Å². The number of carbonyl (C=O) groups is 1. The van der Waals surface area contributed by atoms with E-state index in [-0.39, 0.29) is 24.1 Å². The molecule has 0 aliphatic carbocycles. The second kappa shape index (κ2) is 16.7. The summed E-state index contributed by atoms with van der Waals surface area (Å²) in [5.41, 5.74) is 1.15. The molecule has 0 spiro atoms. The van der Waals surface area contributed by atoms with Gasteiger partial charge in [-0.15, -0.1) is 0 Å². The Kier molecular flexibility index (Phi) is 13.8. The monoisotopic (exact) mass is 440 g/mol. The molecule has 0 bridgehead atoms. The molecule has 2 rings (SSSR count). The minimum absolute atomic E-state index is 0.100. The molecule has 1 fully saturated rings. The molecule has 3 heteroatoms. The summed E-state index contributed by atoms with van der Waals surface area (Å²) in [5.74, 6) is -0.222. The Morgan fingerprint density at radius 2 is 1.56 bits per heavy atom. The summed E-state index contributed by atoms with van der Waals surface area (Å²) < 4.78 is 5.31. The van der Waals surface area contributed by atoms with Crippen LogP contribution in [0.15, 0.2) is 54.6 Å². The van der Waals surface area contributed by atoms with Gasteiger partial charge in [-0.2, -0.15) is 0 Å². The second-order valence-electron chi connectivity index (χ2n) is 9.18. The van der Waals surface area contributed by atoms with Crippen LogP contribution in [0, 0.1) is 5.92 Å². The molecule has 1 N–H and O–H groups in total.